The maximum atomic E-state index is 5.75. The molecule has 0 aliphatic heterocycles. The molecule has 3 N–H and O–H groups in total. The van der Waals surface area contributed by atoms with Gasteiger partial charge in [0, 0.05) is 23.8 Å². The van der Waals surface area contributed by atoms with E-state index in [2.05, 4.69) is 39.6 Å². The van der Waals surface area contributed by atoms with Crippen molar-refractivity contribution >= 4 is 16.7 Å². The smallest absolute Gasteiger partial charge is 0.123 e. The fraction of sp³-hybridized carbons (Fsp3) is 0.176. The zero-order chi connectivity index (χ0) is 14.7. The van der Waals surface area contributed by atoms with Crippen molar-refractivity contribution in [1.29, 1.82) is 0 Å². The summed E-state index contributed by atoms with van der Waals surface area (Å²) in [5.74, 6) is 0.560. The van der Waals surface area contributed by atoms with E-state index in [1.165, 1.54) is 11.1 Å². The molecule has 0 saturated heterocycles. The number of likely N-dealkylation sites (N-methyl/N-ethyl adjacent to an activating group) is 1. The molecule has 3 rings (SSSR count). The normalized spacial score (nSPS) is 12.4. The average Bonchev–Trinajstić information content (AvgIpc) is 2.52. The van der Waals surface area contributed by atoms with E-state index in [1.54, 1.807) is 6.20 Å². The molecule has 0 amide bonds. The Morgan fingerprint density at radius 2 is 2.00 bits per heavy atom. The van der Waals surface area contributed by atoms with Gasteiger partial charge in [-0.05, 0) is 54.9 Å². The van der Waals surface area contributed by atoms with Crippen LogP contribution in [0.4, 0.5) is 5.82 Å². The Labute approximate surface area is 124 Å². The van der Waals surface area contributed by atoms with Crippen LogP contribution < -0.4 is 11.1 Å². The average molecular weight is 278 g/mol. The molecule has 0 bridgehead atoms. The van der Waals surface area contributed by atoms with E-state index in [-0.39, 0.29) is 6.04 Å². The molecule has 0 spiro atoms. The summed E-state index contributed by atoms with van der Waals surface area (Å²) in [5, 5.41) is 4.53. The summed E-state index contributed by atoms with van der Waals surface area (Å²) < 4.78 is 0. The van der Waals surface area contributed by atoms with Crippen molar-refractivity contribution in [2.75, 3.05) is 12.8 Å². The predicted molar refractivity (Wildman–Crippen MR) is 85.9 cm³/mol. The SMILES string of the molecule is CNC(Cc1ccnc(N)c1)c1ccc2ncccc2c1. The Kier molecular flexibility index (Phi) is 3.79. The molecule has 1 atom stereocenters. The van der Waals surface area contributed by atoms with Gasteiger partial charge in [0.05, 0.1) is 5.52 Å². The molecule has 4 heteroatoms. The van der Waals surface area contributed by atoms with E-state index >= 15 is 0 Å². The van der Waals surface area contributed by atoms with Crippen LogP contribution in [0.25, 0.3) is 10.9 Å². The molecule has 0 aliphatic rings. The van der Waals surface area contributed by atoms with Crippen LogP contribution in [0.1, 0.15) is 17.2 Å². The Morgan fingerprint density at radius 1 is 1.10 bits per heavy atom. The Morgan fingerprint density at radius 3 is 2.81 bits per heavy atom. The van der Waals surface area contributed by atoms with E-state index in [0.29, 0.717) is 5.82 Å². The quantitative estimate of drug-likeness (QED) is 0.770. The molecule has 1 aromatic carbocycles. The lowest BCUT2D eigenvalue weighted by molar-refractivity contribution is 0.592. The summed E-state index contributed by atoms with van der Waals surface area (Å²) >= 11 is 0. The monoisotopic (exact) mass is 278 g/mol. The van der Waals surface area contributed by atoms with Crippen molar-refractivity contribution in [2.24, 2.45) is 0 Å². The lowest BCUT2D eigenvalue weighted by atomic mass is 9.98. The minimum Gasteiger partial charge on any atom is -0.384 e. The van der Waals surface area contributed by atoms with Crippen molar-refractivity contribution in [3.05, 3.63) is 66.0 Å². The Hall–Kier alpha value is -2.46. The minimum atomic E-state index is 0.233. The van der Waals surface area contributed by atoms with E-state index in [1.807, 2.05) is 31.4 Å². The second-order valence-electron chi connectivity index (χ2n) is 5.09. The van der Waals surface area contributed by atoms with Crippen molar-refractivity contribution < 1.29 is 0 Å². The summed E-state index contributed by atoms with van der Waals surface area (Å²) in [6, 6.07) is 14.6. The highest BCUT2D eigenvalue weighted by atomic mass is 14.9. The molecule has 0 fully saturated rings. The number of hydrogen-bond acceptors (Lipinski definition) is 4. The molecule has 106 valence electrons. The number of benzene rings is 1. The number of nitrogens with one attached hydrogen (secondary N) is 1. The van der Waals surface area contributed by atoms with Gasteiger partial charge in [0.2, 0.25) is 0 Å². The van der Waals surface area contributed by atoms with Crippen molar-refractivity contribution in [1.82, 2.24) is 15.3 Å². The molecule has 0 radical (unpaired) electrons. The van der Waals surface area contributed by atoms with Gasteiger partial charge in [0.15, 0.2) is 0 Å². The molecule has 1 unspecified atom stereocenters. The summed E-state index contributed by atoms with van der Waals surface area (Å²) in [7, 11) is 1.97. The van der Waals surface area contributed by atoms with Crippen LogP contribution in [-0.4, -0.2) is 17.0 Å². The van der Waals surface area contributed by atoms with Crippen molar-refractivity contribution in [3.8, 4) is 0 Å². The van der Waals surface area contributed by atoms with Crippen LogP contribution in [0.15, 0.2) is 54.9 Å². The lowest BCUT2D eigenvalue weighted by Crippen LogP contribution is -2.19. The second-order valence-corrected chi connectivity index (χ2v) is 5.09. The van der Waals surface area contributed by atoms with Gasteiger partial charge in [-0.1, -0.05) is 12.1 Å². The first kappa shape index (κ1) is 13.5. The highest BCUT2D eigenvalue weighted by Crippen LogP contribution is 2.22. The number of rotatable bonds is 4. The highest BCUT2D eigenvalue weighted by Gasteiger charge is 2.11. The van der Waals surface area contributed by atoms with E-state index in [0.717, 1.165) is 17.3 Å². The number of hydrogen-bond donors (Lipinski definition) is 2. The molecule has 0 saturated carbocycles. The van der Waals surface area contributed by atoms with Gasteiger partial charge in [-0.2, -0.15) is 0 Å². The maximum absolute atomic E-state index is 5.75. The summed E-state index contributed by atoms with van der Waals surface area (Å²) in [4.78, 5) is 8.39. The van der Waals surface area contributed by atoms with Crippen LogP contribution in [0, 0.1) is 0 Å². The number of aromatic nitrogens is 2. The van der Waals surface area contributed by atoms with Crippen LogP contribution in [0.2, 0.25) is 0 Å². The van der Waals surface area contributed by atoms with Gasteiger partial charge < -0.3 is 11.1 Å². The molecule has 3 aromatic rings. The molecule has 2 aromatic heterocycles. The van der Waals surface area contributed by atoms with Crippen LogP contribution >= 0.6 is 0 Å². The molecular weight excluding hydrogens is 260 g/mol. The first-order valence-corrected chi connectivity index (χ1v) is 6.98. The second kappa shape index (κ2) is 5.89. The maximum Gasteiger partial charge on any atom is 0.123 e. The first-order chi connectivity index (χ1) is 10.3. The summed E-state index contributed by atoms with van der Waals surface area (Å²) in [6.07, 6.45) is 4.44. The molecule has 2 heterocycles. The summed E-state index contributed by atoms with van der Waals surface area (Å²) in [5.41, 5.74) is 9.18. The fourth-order valence-electron chi connectivity index (χ4n) is 2.55. The van der Waals surface area contributed by atoms with Gasteiger partial charge in [-0.3, -0.25) is 4.98 Å². The van der Waals surface area contributed by atoms with Crippen LogP contribution in [-0.2, 0) is 6.42 Å². The van der Waals surface area contributed by atoms with Gasteiger partial charge in [0.1, 0.15) is 5.82 Å². The summed E-state index contributed by atoms with van der Waals surface area (Å²) in [6.45, 7) is 0. The third kappa shape index (κ3) is 3.01. The number of nitrogen functional groups attached to an aromatic ring is 1. The van der Waals surface area contributed by atoms with Gasteiger partial charge >= 0.3 is 0 Å². The number of fused-ring (bicyclic) bond motifs is 1. The van der Waals surface area contributed by atoms with E-state index < -0.39 is 0 Å². The van der Waals surface area contributed by atoms with Gasteiger partial charge in [-0.25, -0.2) is 4.98 Å². The predicted octanol–water partition coefficient (Wildman–Crippen LogP) is 2.72. The number of anilines is 1. The third-order valence-corrected chi connectivity index (χ3v) is 3.66. The number of nitrogens with zero attached hydrogens (tertiary/aromatic N) is 2. The molecule has 0 aliphatic carbocycles. The largest absolute Gasteiger partial charge is 0.384 e. The lowest BCUT2D eigenvalue weighted by Gasteiger charge is -2.17. The molecular formula is C17H18N4. The molecule has 4 nitrogen and oxygen atoms in total. The Balaban J connectivity index is 1.90. The zero-order valence-electron chi connectivity index (χ0n) is 12.0. The van der Waals surface area contributed by atoms with Crippen LogP contribution in [0.5, 0.6) is 0 Å². The van der Waals surface area contributed by atoms with Crippen molar-refractivity contribution in [3.63, 3.8) is 0 Å². The standard InChI is InChI=1S/C17H18N4/c1-19-16(9-12-6-8-21-17(18)10-12)14-4-5-15-13(11-14)3-2-7-20-15/h2-8,10-11,16,19H,9H2,1H3,(H2,18,21). The van der Waals surface area contributed by atoms with E-state index in [9.17, 15) is 0 Å². The molecule has 21 heavy (non-hydrogen) atoms. The topological polar surface area (TPSA) is 63.8 Å². The van der Waals surface area contributed by atoms with Gasteiger partial charge in [0.25, 0.3) is 0 Å². The first-order valence-electron chi connectivity index (χ1n) is 6.98. The Bertz CT molecular complexity index is 754. The van der Waals surface area contributed by atoms with Crippen LogP contribution in [0.3, 0.4) is 0 Å². The minimum absolute atomic E-state index is 0.233. The van der Waals surface area contributed by atoms with E-state index in [4.69, 9.17) is 5.73 Å². The third-order valence-electron chi connectivity index (χ3n) is 3.66. The zero-order valence-corrected chi connectivity index (χ0v) is 12.0. The fourth-order valence-corrected chi connectivity index (χ4v) is 2.55. The van der Waals surface area contributed by atoms with Crippen molar-refractivity contribution in [2.45, 2.75) is 12.5 Å². The number of nitrogens with two attached hydrogens (primary N) is 1. The number of pyridine rings is 2. The van der Waals surface area contributed by atoms with Gasteiger partial charge in [-0.15, -0.1) is 0 Å². The highest BCUT2D eigenvalue weighted by molar-refractivity contribution is 5.79.